The Balaban J connectivity index is 1.93. The van der Waals surface area contributed by atoms with Crippen molar-refractivity contribution in [1.29, 1.82) is 0 Å². The second-order valence-electron chi connectivity index (χ2n) is 5.14. The summed E-state index contributed by atoms with van der Waals surface area (Å²) >= 11 is 6.14. The van der Waals surface area contributed by atoms with Crippen LogP contribution in [0.4, 0.5) is 5.82 Å². The fourth-order valence-electron chi connectivity index (χ4n) is 2.55. The van der Waals surface area contributed by atoms with Crippen molar-refractivity contribution in [3.05, 3.63) is 47.9 Å². The highest BCUT2D eigenvalue weighted by atomic mass is 35.5. The van der Waals surface area contributed by atoms with Gasteiger partial charge in [-0.15, -0.1) is 0 Å². The molecule has 0 aliphatic carbocycles. The summed E-state index contributed by atoms with van der Waals surface area (Å²) in [5.41, 5.74) is 10.2. The Morgan fingerprint density at radius 2 is 2.13 bits per heavy atom. The van der Waals surface area contributed by atoms with Crippen LogP contribution in [0.3, 0.4) is 0 Å². The molecule has 8 heteroatoms. The second-order valence-corrected chi connectivity index (χ2v) is 5.50. The average molecular weight is 326 g/mol. The molecule has 0 aliphatic heterocycles. The van der Waals surface area contributed by atoms with Crippen molar-refractivity contribution in [2.24, 2.45) is 0 Å². The third kappa shape index (κ3) is 2.22. The van der Waals surface area contributed by atoms with Crippen LogP contribution in [-0.2, 0) is 0 Å². The number of nitrogen functional groups attached to an aromatic ring is 1. The van der Waals surface area contributed by atoms with Crippen LogP contribution in [0.5, 0.6) is 0 Å². The van der Waals surface area contributed by atoms with Gasteiger partial charge < -0.3 is 15.3 Å². The number of nitrogens with one attached hydrogen (secondary N) is 1. The van der Waals surface area contributed by atoms with Gasteiger partial charge in [-0.3, -0.25) is 0 Å². The molecule has 3 heterocycles. The van der Waals surface area contributed by atoms with E-state index in [0.29, 0.717) is 11.4 Å². The van der Waals surface area contributed by atoms with E-state index >= 15 is 0 Å². The zero-order chi connectivity index (χ0) is 16.0. The smallest absolute Gasteiger partial charge is 0.145 e. The summed E-state index contributed by atoms with van der Waals surface area (Å²) in [5.74, 6) is 0.838. The highest BCUT2D eigenvalue weighted by molar-refractivity contribution is 6.32. The van der Waals surface area contributed by atoms with Gasteiger partial charge in [-0.05, 0) is 24.6 Å². The summed E-state index contributed by atoms with van der Waals surface area (Å²) in [6.07, 6.45) is 6.70. The molecule has 0 atom stereocenters. The minimum atomic E-state index is 0.268. The molecule has 3 aromatic heterocycles. The summed E-state index contributed by atoms with van der Waals surface area (Å²) in [7, 11) is 0. The predicted octanol–water partition coefficient (Wildman–Crippen LogP) is 2.75. The lowest BCUT2D eigenvalue weighted by Crippen LogP contribution is -1.97. The number of aromatic amines is 1. The van der Waals surface area contributed by atoms with Gasteiger partial charge >= 0.3 is 0 Å². The first kappa shape index (κ1) is 13.7. The average Bonchev–Trinajstić information content (AvgIpc) is 3.16. The molecule has 3 N–H and O–H groups in total. The van der Waals surface area contributed by atoms with Crippen LogP contribution in [0.15, 0.2) is 37.2 Å². The topological polar surface area (TPSA) is 98.3 Å². The molecule has 0 unspecified atom stereocenters. The van der Waals surface area contributed by atoms with E-state index in [1.807, 2.05) is 29.8 Å². The van der Waals surface area contributed by atoms with Crippen LogP contribution in [0.25, 0.3) is 28.1 Å². The lowest BCUT2D eigenvalue weighted by molar-refractivity contribution is 1.06. The number of imidazole rings is 2. The van der Waals surface area contributed by atoms with E-state index in [2.05, 4.69) is 24.9 Å². The molecule has 0 amide bonds. The molecular weight excluding hydrogens is 314 g/mol. The monoisotopic (exact) mass is 325 g/mol. The first-order chi connectivity index (χ1) is 11.1. The lowest BCUT2D eigenvalue weighted by Gasteiger charge is -2.03. The van der Waals surface area contributed by atoms with E-state index < -0.39 is 0 Å². The summed E-state index contributed by atoms with van der Waals surface area (Å²) in [4.78, 5) is 19.9. The Hall–Kier alpha value is -2.93. The van der Waals surface area contributed by atoms with Gasteiger partial charge in [0.15, 0.2) is 0 Å². The minimum absolute atomic E-state index is 0.268. The van der Waals surface area contributed by atoms with Gasteiger partial charge in [-0.1, -0.05) is 11.6 Å². The molecule has 4 rings (SSSR count). The van der Waals surface area contributed by atoms with E-state index in [1.54, 1.807) is 12.5 Å². The molecule has 0 spiro atoms. The number of halogens is 1. The molecule has 0 radical (unpaired) electrons. The van der Waals surface area contributed by atoms with Gasteiger partial charge in [0.1, 0.15) is 23.1 Å². The number of hydrogen-bond acceptors (Lipinski definition) is 5. The minimum Gasteiger partial charge on any atom is -0.383 e. The zero-order valence-electron chi connectivity index (χ0n) is 12.2. The summed E-state index contributed by atoms with van der Waals surface area (Å²) in [6.45, 7) is 2.00. The first-order valence-corrected chi connectivity index (χ1v) is 7.26. The molecule has 1 aromatic carbocycles. The fourth-order valence-corrected chi connectivity index (χ4v) is 2.78. The van der Waals surface area contributed by atoms with Crippen LogP contribution in [0.1, 0.15) is 5.56 Å². The van der Waals surface area contributed by atoms with Crippen molar-refractivity contribution >= 4 is 28.5 Å². The number of hydrogen-bond donors (Lipinski definition) is 2. The summed E-state index contributed by atoms with van der Waals surface area (Å²) in [5, 5.41) is 0.268. The summed E-state index contributed by atoms with van der Waals surface area (Å²) < 4.78 is 1.93. The molecule has 0 saturated carbocycles. The van der Waals surface area contributed by atoms with Gasteiger partial charge in [0, 0.05) is 18.1 Å². The number of fused-ring (bicyclic) bond motifs is 1. The van der Waals surface area contributed by atoms with Crippen molar-refractivity contribution < 1.29 is 0 Å². The second kappa shape index (κ2) is 5.06. The maximum atomic E-state index is 6.14. The zero-order valence-corrected chi connectivity index (χ0v) is 12.9. The van der Waals surface area contributed by atoms with Gasteiger partial charge in [0.05, 0.1) is 22.9 Å². The quantitative estimate of drug-likeness (QED) is 0.552. The molecule has 0 saturated heterocycles. The van der Waals surface area contributed by atoms with E-state index in [-0.39, 0.29) is 11.0 Å². The van der Waals surface area contributed by atoms with Crippen LogP contribution >= 0.6 is 11.6 Å². The number of nitrogens with zero attached hydrogens (tertiary/aromatic N) is 5. The van der Waals surface area contributed by atoms with Crippen LogP contribution in [0, 0.1) is 6.92 Å². The Morgan fingerprint density at radius 1 is 1.26 bits per heavy atom. The van der Waals surface area contributed by atoms with E-state index in [9.17, 15) is 0 Å². The number of benzene rings is 1. The molecule has 114 valence electrons. The van der Waals surface area contributed by atoms with Gasteiger partial charge in [-0.2, -0.15) is 0 Å². The number of aromatic nitrogens is 6. The van der Waals surface area contributed by atoms with Gasteiger partial charge in [-0.25, -0.2) is 19.9 Å². The molecule has 0 bridgehead atoms. The maximum Gasteiger partial charge on any atom is 0.145 e. The third-order valence-electron chi connectivity index (χ3n) is 3.63. The number of H-pyrrole nitrogens is 1. The predicted molar refractivity (Wildman–Crippen MR) is 88.4 cm³/mol. The van der Waals surface area contributed by atoms with Crippen molar-refractivity contribution in [3.63, 3.8) is 0 Å². The van der Waals surface area contributed by atoms with Crippen molar-refractivity contribution in [2.75, 3.05) is 5.73 Å². The van der Waals surface area contributed by atoms with E-state index in [0.717, 1.165) is 22.3 Å². The standard InChI is InChI=1S/C15H12ClN7/c1-8-4-9(23-3-2-18-7-23)5-10-12(8)22-15(21-10)11-13(16)19-6-20-14(11)17/h2-7H,1H3,(H,21,22)(H2,17,19,20). The SMILES string of the molecule is Cc1cc(-n2ccnc2)cc2[nH]c(-c3c(N)ncnc3Cl)nc12. The summed E-state index contributed by atoms with van der Waals surface area (Å²) in [6, 6.07) is 4.04. The first-order valence-electron chi connectivity index (χ1n) is 6.88. The molecule has 4 aromatic rings. The lowest BCUT2D eigenvalue weighted by atomic mass is 10.2. The van der Waals surface area contributed by atoms with E-state index in [1.165, 1.54) is 6.33 Å². The number of aryl methyl sites for hydroxylation is 1. The van der Waals surface area contributed by atoms with Crippen molar-refractivity contribution in [1.82, 2.24) is 29.5 Å². The van der Waals surface area contributed by atoms with Gasteiger partial charge in [0.25, 0.3) is 0 Å². The van der Waals surface area contributed by atoms with Gasteiger partial charge in [0.2, 0.25) is 0 Å². The Labute approximate surface area is 136 Å². The number of nitrogens with two attached hydrogens (primary N) is 1. The Kier molecular flexibility index (Phi) is 3.02. The van der Waals surface area contributed by atoms with Crippen LogP contribution in [0.2, 0.25) is 5.15 Å². The number of rotatable bonds is 2. The van der Waals surface area contributed by atoms with E-state index in [4.69, 9.17) is 17.3 Å². The number of anilines is 1. The Morgan fingerprint density at radius 3 is 2.87 bits per heavy atom. The molecule has 0 fully saturated rings. The maximum absolute atomic E-state index is 6.14. The van der Waals surface area contributed by atoms with Crippen LogP contribution in [-0.4, -0.2) is 29.5 Å². The largest absolute Gasteiger partial charge is 0.383 e. The van der Waals surface area contributed by atoms with Crippen LogP contribution < -0.4 is 5.73 Å². The Bertz CT molecular complexity index is 984. The normalized spacial score (nSPS) is 11.2. The highest BCUT2D eigenvalue weighted by Gasteiger charge is 2.16. The fraction of sp³-hybridized carbons (Fsp3) is 0.0667. The molecular formula is C15H12ClN7. The van der Waals surface area contributed by atoms with Crippen molar-refractivity contribution in [3.8, 4) is 17.1 Å². The van der Waals surface area contributed by atoms with Crippen molar-refractivity contribution in [2.45, 2.75) is 6.92 Å². The third-order valence-corrected chi connectivity index (χ3v) is 3.92. The molecule has 0 aliphatic rings. The highest BCUT2D eigenvalue weighted by Crippen LogP contribution is 2.31. The molecule has 7 nitrogen and oxygen atoms in total. The molecule has 23 heavy (non-hydrogen) atoms.